The second kappa shape index (κ2) is 11.0. The van der Waals surface area contributed by atoms with Crippen molar-refractivity contribution < 1.29 is 32.3 Å². The Morgan fingerprint density at radius 1 is 1.15 bits per heavy atom. The standard InChI is InChI=1S/C25H28F4N2O3/c1-15-11-19(21(26)10-7-16-5-8-18(9-6-16)24(33)34)13-22(31-15)23(32)30-14-17-3-2-4-20(12-17)25(27,28)29/h2-4,11-13,16,18,21H,5-10,14H2,1H3,(H,30,32)(H,33,34). The van der Waals surface area contributed by atoms with Crippen LogP contribution >= 0.6 is 0 Å². The molecule has 1 aromatic heterocycles. The van der Waals surface area contributed by atoms with Gasteiger partial charge >= 0.3 is 12.1 Å². The minimum Gasteiger partial charge on any atom is -0.481 e. The molecule has 0 radical (unpaired) electrons. The Labute approximate surface area is 195 Å². The summed E-state index contributed by atoms with van der Waals surface area (Å²) in [6, 6.07) is 7.63. The molecular weight excluding hydrogens is 452 g/mol. The molecule has 1 heterocycles. The molecule has 1 fully saturated rings. The number of amides is 1. The lowest BCUT2D eigenvalue weighted by molar-refractivity contribution is -0.143. The van der Waals surface area contributed by atoms with Gasteiger partial charge in [-0.05, 0) is 86.8 Å². The lowest BCUT2D eigenvalue weighted by Gasteiger charge is -2.26. The summed E-state index contributed by atoms with van der Waals surface area (Å²) in [4.78, 5) is 27.8. The average molecular weight is 481 g/mol. The second-order valence-electron chi connectivity index (χ2n) is 8.91. The van der Waals surface area contributed by atoms with E-state index in [1.807, 2.05) is 0 Å². The summed E-state index contributed by atoms with van der Waals surface area (Å²) in [6.45, 7) is 1.53. The number of nitrogens with one attached hydrogen (secondary N) is 1. The van der Waals surface area contributed by atoms with Crippen molar-refractivity contribution in [2.75, 3.05) is 0 Å². The lowest BCUT2D eigenvalue weighted by Crippen LogP contribution is -2.24. The van der Waals surface area contributed by atoms with Gasteiger partial charge in [0.25, 0.3) is 5.91 Å². The van der Waals surface area contributed by atoms with Gasteiger partial charge in [-0.25, -0.2) is 9.37 Å². The Bertz CT molecular complexity index is 1020. The van der Waals surface area contributed by atoms with Gasteiger partial charge in [-0.2, -0.15) is 13.2 Å². The minimum absolute atomic E-state index is 0.00610. The van der Waals surface area contributed by atoms with Crippen molar-refractivity contribution in [3.63, 3.8) is 0 Å². The molecule has 1 aromatic carbocycles. The van der Waals surface area contributed by atoms with Crippen LogP contribution in [0, 0.1) is 18.8 Å². The monoisotopic (exact) mass is 480 g/mol. The van der Waals surface area contributed by atoms with Gasteiger partial charge in [0.05, 0.1) is 11.5 Å². The number of alkyl halides is 4. The number of hydrogen-bond acceptors (Lipinski definition) is 3. The van der Waals surface area contributed by atoms with Crippen LogP contribution in [0.5, 0.6) is 0 Å². The Hall–Kier alpha value is -2.97. The molecule has 2 N–H and O–H groups in total. The van der Waals surface area contributed by atoms with E-state index in [9.17, 15) is 27.2 Å². The molecule has 3 rings (SSSR count). The van der Waals surface area contributed by atoms with Crippen LogP contribution in [0.15, 0.2) is 36.4 Å². The topological polar surface area (TPSA) is 79.3 Å². The van der Waals surface area contributed by atoms with E-state index in [4.69, 9.17) is 5.11 Å². The van der Waals surface area contributed by atoms with Gasteiger partial charge in [-0.15, -0.1) is 0 Å². The van der Waals surface area contributed by atoms with Crippen molar-refractivity contribution in [3.8, 4) is 0 Å². The highest BCUT2D eigenvalue weighted by Crippen LogP contribution is 2.35. The minimum atomic E-state index is -4.47. The Morgan fingerprint density at radius 3 is 2.50 bits per heavy atom. The number of aryl methyl sites for hydroxylation is 1. The largest absolute Gasteiger partial charge is 0.481 e. The van der Waals surface area contributed by atoms with Gasteiger partial charge < -0.3 is 10.4 Å². The quantitative estimate of drug-likeness (QED) is 0.453. The number of carbonyl (C=O) groups is 2. The molecule has 0 aliphatic heterocycles. The number of halogens is 4. The van der Waals surface area contributed by atoms with Crippen molar-refractivity contribution in [3.05, 3.63) is 64.5 Å². The fourth-order valence-electron chi connectivity index (χ4n) is 4.37. The number of aromatic nitrogens is 1. The molecule has 1 unspecified atom stereocenters. The van der Waals surface area contributed by atoms with Gasteiger partial charge in [0, 0.05) is 12.2 Å². The van der Waals surface area contributed by atoms with E-state index < -0.39 is 29.8 Å². The SMILES string of the molecule is Cc1cc(C(F)CCC2CCC(C(=O)O)CC2)cc(C(=O)NCc2cccc(C(F)(F)F)c2)n1. The molecule has 2 aromatic rings. The van der Waals surface area contributed by atoms with E-state index in [0.29, 0.717) is 30.5 Å². The number of rotatable bonds is 8. The molecule has 1 saturated carbocycles. The van der Waals surface area contributed by atoms with Crippen LogP contribution in [-0.2, 0) is 17.5 Å². The number of hydrogen-bond donors (Lipinski definition) is 2. The van der Waals surface area contributed by atoms with Gasteiger partial charge in [-0.3, -0.25) is 9.59 Å². The third-order valence-corrected chi connectivity index (χ3v) is 6.30. The Morgan fingerprint density at radius 2 is 1.85 bits per heavy atom. The lowest BCUT2D eigenvalue weighted by atomic mass is 9.79. The number of nitrogens with zero attached hydrogens (tertiary/aromatic N) is 1. The highest BCUT2D eigenvalue weighted by molar-refractivity contribution is 5.92. The Balaban J connectivity index is 1.57. The van der Waals surface area contributed by atoms with Crippen LogP contribution in [0.3, 0.4) is 0 Å². The summed E-state index contributed by atoms with van der Waals surface area (Å²) < 4.78 is 53.6. The second-order valence-corrected chi connectivity index (χ2v) is 8.91. The molecule has 9 heteroatoms. The summed E-state index contributed by atoms with van der Waals surface area (Å²) in [5.74, 6) is -1.39. The molecule has 0 bridgehead atoms. The molecule has 1 atom stereocenters. The third kappa shape index (κ3) is 7.01. The smallest absolute Gasteiger partial charge is 0.416 e. The fourth-order valence-corrected chi connectivity index (χ4v) is 4.37. The summed E-state index contributed by atoms with van der Waals surface area (Å²) in [5.41, 5.74) is 0.290. The van der Waals surface area contributed by atoms with Gasteiger partial charge in [0.1, 0.15) is 11.9 Å². The molecular formula is C25H28F4N2O3. The molecule has 34 heavy (non-hydrogen) atoms. The summed E-state index contributed by atoms with van der Waals surface area (Å²) in [7, 11) is 0. The normalized spacial score (nSPS) is 19.4. The van der Waals surface area contributed by atoms with Crippen LogP contribution in [0.25, 0.3) is 0 Å². The van der Waals surface area contributed by atoms with E-state index in [1.165, 1.54) is 18.2 Å². The first kappa shape index (κ1) is 25.6. The Kier molecular flexibility index (Phi) is 8.28. The van der Waals surface area contributed by atoms with E-state index in [0.717, 1.165) is 25.0 Å². The van der Waals surface area contributed by atoms with Crippen LogP contribution in [0.1, 0.15) is 77.6 Å². The number of carboxylic acids is 1. The fraction of sp³-hybridized carbons (Fsp3) is 0.480. The number of pyridine rings is 1. The maximum absolute atomic E-state index is 15.0. The van der Waals surface area contributed by atoms with Crippen molar-refractivity contribution in [1.82, 2.24) is 10.3 Å². The maximum atomic E-state index is 15.0. The van der Waals surface area contributed by atoms with Gasteiger partial charge in [0.15, 0.2) is 0 Å². The number of benzene rings is 1. The highest BCUT2D eigenvalue weighted by atomic mass is 19.4. The zero-order valence-electron chi connectivity index (χ0n) is 18.9. The van der Waals surface area contributed by atoms with Crippen molar-refractivity contribution in [2.45, 2.75) is 64.3 Å². The first-order valence-corrected chi connectivity index (χ1v) is 11.3. The van der Waals surface area contributed by atoms with Gasteiger partial charge in [-0.1, -0.05) is 12.1 Å². The molecule has 1 aliphatic rings. The zero-order valence-corrected chi connectivity index (χ0v) is 18.9. The first-order chi connectivity index (χ1) is 16.0. The van der Waals surface area contributed by atoms with Crippen molar-refractivity contribution >= 4 is 11.9 Å². The number of carbonyl (C=O) groups excluding carboxylic acids is 1. The van der Waals surface area contributed by atoms with Gasteiger partial charge in [0.2, 0.25) is 0 Å². The van der Waals surface area contributed by atoms with Crippen LogP contribution in [-0.4, -0.2) is 22.0 Å². The van der Waals surface area contributed by atoms with E-state index in [1.54, 1.807) is 13.0 Å². The third-order valence-electron chi connectivity index (χ3n) is 6.30. The molecule has 184 valence electrons. The maximum Gasteiger partial charge on any atom is 0.416 e. The summed E-state index contributed by atoms with van der Waals surface area (Å²) >= 11 is 0. The average Bonchev–Trinajstić information content (AvgIpc) is 2.80. The molecule has 0 spiro atoms. The molecule has 0 saturated heterocycles. The predicted octanol–water partition coefficient (Wildman–Crippen LogP) is 6.02. The molecule has 1 aliphatic carbocycles. The zero-order chi connectivity index (χ0) is 24.9. The molecule has 5 nitrogen and oxygen atoms in total. The summed E-state index contributed by atoms with van der Waals surface area (Å²) in [5, 5.41) is 11.6. The van der Waals surface area contributed by atoms with E-state index in [2.05, 4.69) is 10.3 Å². The van der Waals surface area contributed by atoms with Crippen molar-refractivity contribution in [2.24, 2.45) is 11.8 Å². The van der Waals surface area contributed by atoms with Crippen LogP contribution in [0.4, 0.5) is 17.6 Å². The first-order valence-electron chi connectivity index (χ1n) is 11.3. The van der Waals surface area contributed by atoms with Crippen LogP contribution < -0.4 is 5.32 Å². The van der Waals surface area contributed by atoms with Crippen molar-refractivity contribution in [1.29, 1.82) is 0 Å². The highest BCUT2D eigenvalue weighted by Gasteiger charge is 2.30. The number of aliphatic carboxylic acids is 1. The summed E-state index contributed by atoms with van der Waals surface area (Å²) in [6.07, 6.45) is -2.12. The molecule has 1 amide bonds. The van der Waals surface area contributed by atoms with Crippen LogP contribution in [0.2, 0.25) is 0 Å². The predicted molar refractivity (Wildman–Crippen MR) is 118 cm³/mol. The number of carboxylic acid groups (broad SMARTS) is 1. The van der Waals surface area contributed by atoms with E-state index in [-0.39, 0.29) is 36.1 Å². The van der Waals surface area contributed by atoms with E-state index >= 15 is 0 Å².